The van der Waals surface area contributed by atoms with E-state index in [1.807, 2.05) is 61.5 Å². The van der Waals surface area contributed by atoms with Crippen LogP contribution < -0.4 is 11.5 Å². The van der Waals surface area contributed by atoms with Crippen LogP contribution in [0, 0.1) is 0 Å². The maximum Gasteiger partial charge on any atom is 0.269 e. The summed E-state index contributed by atoms with van der Waals surface area (Å²) in [7, 11) is 1.63. The Kier molecular flexibility index (Phi) is 13.8. The second-order valence-electron chi connectivity index (χ2n) is 5.80. The number of nitrogens with zero attached hydrogens (tertiary/aromatic N) is 1. The third-order valence-electron chi connectivity index (χ3n) is 3.83. The lowest BCUT2D eigenvalue weighted by Gasteiger charge is -2.18. The Morgan fingerprint density at radius 1 is 1.11 bits per heavy atom. The summed E-state index contributed by atoms with van der Waals surface area (Å²) in [6.45, 7) is 17.9. The van der Waals surface area contributed by atoms with Crippen molar-refractivity contribution < 1.29 is 9.53 Å². The summed E-state index contributed by atoms with van der Waals surface area (Å²) in [5.41, 5.74) is 16.7. The van der Waals surface area contributed by atoms with E-state index in [1.165, 1.54) is 0 Å². The minimum atomic E-state index is -0.611. The molecule has 1 aromatic heterocycles. The van der Waals surface area contributed by atoms with Gasteiger partial charge >= 0.3 is 0 Å². The van der Waals surface area contributed by atoms with Crippen molar-refractivity contribution in [2.24, 2.45) is 5.73 Å². The lowest BCUT2D eigenvalue weighted by atomic mass is 9.91. The molecule has 154 valence electrons. The molecule has 0 atom stereocenters. The number of rotatable bonds is 6. The topological polar surface area (TPSA) is 91.2 Å². The largest absolute Gasteiger partial charge is 0.501 e. The third kappa shape index (κ3) is 7.45. The van der Waals surface area contributed by atoms with Crippen LogP contribution in [-0.2, 0) is 11.2 Å². The molecule has 0 spiro atoms. The van der Waals surface area contributed by atoms with E-state index in [0.717, 1.165) is 46.6 Å². The van der Waals surface area contributed by atoms with Crippen LogP contribution in [0.2, 0.25) is 0 Å². The Balaban J connectivity index is 0. The SMILES string of the molecule is CC.CC.CCCc1cc(C(=C(C)C)/C(C)=C(\C)OC)c(N)c(C(N)=O)n1. The Bertz CT molecular complexity index is 670. The van der Waals surface area contributed by atoms with E-state index in [4.69, 9.17) is 16.2 Å². The Morgan fingerprint density at radius 2 is 1.63 bits per heavy atom. The molecule has 1 heterocycles. The van der Waals surface area contributed by atoms with E-state index in [2.05, 4.69) is 11.9 Å². The zero-order valence-electron chi connectivity index (χ0n) is 18.9. The fraction of sp³-hybridized carbons (Fsp3) is 0.545. The van der Waals surface area contributed by atoms with Crippen molar-refractivity contribution in [1.29, 1.82) is 0 Å². The van der Waals surface area contributed by atoms with Gasteiger partial charge in [-0.05, 0) is 51.3 Å². The van der Waals surface area contributed by atoms with Crippen LogP contribution in [0.3, 0.4) is 0 Å². The highest BCUT2D eigenvalue weighted by Gasteiger charge is 2.19. The van der Waals surface area contributed by atoms with E-state index in [1.54, 1.807) is 7.11 Å². The van der Waals surface area contributed by atoms with E-state index in [0.29, 0.717) is 5.69 Å². The molecule has 0 aliphatic heterocycles. The van der Waals surface area contributed by atoms with E-state index in [9.17, 15) is 4.79 Å². The van der Waals surface area contributed by atoms with E-state index < -0.39 is 5.91 Å². The number of nitrogens with two attached hydrogens (primary N) is 2. The van der Waals surface area contributed by atoms with Crippen LogP contribution in [0.5, 0.6) is 0 Å². The van der Waals surface area contributed by atoms with Crippen molar-refractivity contribution in [2.45, 2.75) is 75.2 Å². The van der Waals surface area contributed by atoms with Crippen LogP contribution >= 0.6 is 0 Å². The Labute approximate surface area is 165 Å². The Hall–Kier alpha value is -2.30. The predicted octanol–water partition coefficient (Wildman–Crippen LogP) is 5.50. The molecule has 0 aromatic carbocycles. The molecule has 1 amide bonds. The van der Waals surface area contributed by atoms with Gasteiger partial charge in [0.1, 0.15) is 0 Å². The highest BCUT2D eigenvalue weighted by atomic mass is 16.5. The quantitative estimate of drug-likeness (QED) is 0.505. The van der Waals surface area contributed by atoms with Crippen molar-refractivity contribution in [3.63, 3.8) is 0 Å². The number of hydrogen-bond acceptors (Lipinski definition) is 4. The second-order valence-corrected chi connectivity index (χ2v) is 5.80. The van der Waals surface area contributed by atoms with Crippen molar-refractivity contribution >= 4 is 17.2 Å². The fourth-order valence-corrected chi connectivity index (χ4v) is 2.56. The average Bonchev–Trinajstić information content (AvgIpc) is 2.66. The molecule has 0 aliphatic rings. The molecule has 0 radical (unpaired) electrons. The maximum absolute atomic E-state index is 11.7. The number of carbonyl (C=O) groups excluding carboxylic acids is 1. The summed E-state index contributed by atoms with van der Waals surface area (Å²) < 4.78 is 5.36. The van der Waals surface area contributed by atoms with Crippen molar-refractivity contribution in [1.82, 2.24) is 4.98 Å². The molecule has 5 nitrogen and oxygen atoms in total. The molecule has 1 aromatic rings. The van der Waals surface area contributed by atoms with Crippen LogP contribution in [0.4, 0.5) is 5.69 Å². The highest BCUT2D eigenvalue weighted by Crippen LogP contribution is 2.34. The first-order valence-corrected chi connectivity index (χ1v) is 9.73. The van der Waals surface area contributed by atoms with Gasteiger partial charge < -0.3 is 16.2 Å². The van der Waals surface area contributed by atoms with Crippen molar-refractivity contribution in [2.75, 3.05) is 12.8 Å². The molecule has 0 saturated heterocycles. The predicted molar refractivity (Wildman–Crippen MR) is 118 cm³/mol. The fourth-order valence-electron chi connectivity index (χ4n) is 2.56. The summed E-state index contributed by atoms with van der Waals surface area (Å²) in [4.78, 5) is 16.0. The molecule has 4 N–H and O–H groups in total. The molecular formula is C22H39N3O2. The summed E-state index contributed by atoms with van der Waals surface area (Å²) in [6.07, 6.45) is 1.68. The standard InChI is InChI=1S/C18H27N3O2.2C2H6/c1-7-8-13-9-14(16(19)17(21-13)18(20)22)15(10(2)3)11(4)12(5)23-6;2*1-2/h9H,7-8,19H2,1-6H3,(H2,20,22);2*1-2H3/b12-11+;;. The van der Waals surface area contributed by atoms with Crippen molar-refractivity contribution in [3.8, 4) is 0 Å². The van der Waals surface area contributed by atoms with Gasteiger partial charge in [-0.25, -0.2) is 4.98 Å². The first-order chi connectivity index (χ1) is 12.7. The molecular weight excluding hydrogens is 338 g/mol. The van der Waals surface area contributed by atoms with Gasteiger partial charge in [-0.2, -0.15) is 0 Å². The molecule has 0 fully saturated rings. The maximum atomic E-state index is 11.7. The van der Waals surface area contributed by atoms with Gasteiger partial charge in [0.15, 0.2) is 5.69 Å². The number of pyridine rings is 1. The molecule has 0 unspecified atom stereocenters. The van der Waals surface area contributed by atoms with Crippen LogP contribution in [0.15, 0.2) is 23.0 Å². The van der Waals surface area contributed by atoms with Gasteiger partial charge in [0.05, 0.1) is 18.6 Å². The van der Waals surface area contributed by atoms with Gasteiger partial charge in [-0.15, -0.1) is 0 Å². The summed E-state index contributed by atoms with van der Waals surface area (Å²) >= 11 is 0. The number of aromatic nitrogens is 1. The Morgan fingerprint density at radius 3 is 2.00 bits per heavy atom. The molecule has 0 aliphatic carbocycles. The van der Waals surface area contributed by atoms with Gasteiger partial charge in [0.25, 0.3) is 5.91 Å². The van der Waals surface area contributed by atoms with Gasteiger partial charge in [0, 0.05) is 11.3 Å². The molecule has 0 bridgehead atoms. The molecule has 5 heteroatoms. The monoisotopic (exact) mass is 377 g/mol. The van der Waals surface area contributed by atoms with Gasteiger partial charge in [-0.1, -0.05) is 46.6 Å². The minimum Gasteiger partial charge on any atom is -0.501 e. The minimum absolute atomic E-state index is 0.132. The first kappa shape index (κ1) is 26.9. The number of allylic oxidation sites excluding steroid dienone is 4. The average molecular weight is 378 g/mol. The lowest BCUT2D eigenvalue weighted by Crippen LogP contribution is -2.18. The van der Waals surface area contributed by atoms with E-state index >= 15 is 0 Å². The van der Waals surface area contributed by atoms with Gasteiger partial charge in [-0.3, -0.25) is 4.79 Å². The number of methoxy groups -OCH3 is 1. The zero-order chi connectivity index (χ0) is 21.7. The van der Waals surface area contributed by atoms with Crippen molar-refractivity contribution in [3.05, 3.63) is 39.9 Å². The number of ether oxygens (including phenoxy) is 1. The van der Waals surface area contributed by atoms with Gasteiger partial charge in [0.2, 0.25) is 0 Å². The molecule has 0 saturated carbocycles. The molecule has 1 rings (SSSR count). The number of primary amides is 1. The zero-order valence-corrected chi connectivity index (χ0v) is 18.9. The number of hydrogen-bond donors (Lipinski definition) is 2. The second kappa shape index (κ2) is 13.8. The number of nitrogen functional groups attached to an aromatic ring is 1. The number of amides is 1. The van der Waals surface area contributed by atoms with E-state index in [-0.39, 0.29) is 5.69 Å². The van der Waals surface area contributed by atoms with Crippen LogP contribution in [0.25, 0.3) is 5.57 Å². The third-order valence-corrected chi connectivity index (χ3v) is 3.83. The van der Waals surface area contributed by atoms with Crippen LogP contribution in [0.1, 0.15) is 90.5 Å². The summed E-state index contributed by atoms with van der Waals surface area (Å²) in [6, 6.07) is 1.94. The summed E-state index contributed by atoms with van der Waals surface area (Å²) in [5.74, 6) is 0.190. The number of carbonyl (C=O) groups is 1. The first-order valence-electron chi connectivity index (χ1n) is 9.73. The molecule has 27 heavy (non-hydrogen) atoms. The lowest BCUT2D eigenvalue weighted by molar-refractivity contribution is 0.0996. The summed E-state index contributed by atoms with van der Waals surface area (Å²) in [5, 5.41) is 0. The smallest absolute Gasteiger partial charge is 0.269 e. The number of aryl methyl sites for hydroxylation is 1. The normalized spacial score (nSPS) is 10.4. The highest BCUT2D eigenvalue weighted by molar-refractivity contribution is 6.00. The number of anilines is 1. The van der Waals surface area contributed by atoms with Crippen LogP contribution in [-0.4, -0.2) is 18.0 Å².